The average molecular weight is 280 g/mol. The Kier molecular flexibility index (Phi) is 3.04. The number of piperazine rings is 1. The van der Waals surface area contributed by atoms with Crippen molar-refractivity contribution in [2.24, 2.45) is 0 Å². The van der Waals surface area contributed by atoms with Crippen LogP contribution in [0.2, 0.25) is 0 Å². The maximum Gasteiger partial charge on any atom is 0.416 e. The summed E-state index contributed by atoms with van der Waals surface area (Å²) in [5, 5.41) is 3.18. The molecule has 0 spiro atoms. The molecule has 1 saturated heterocycles. The van der Waals surface area contributed by atoms with E-state index < -0.39 is 11.7 Å². The van der Waals surface area contributed by atoms with E-state index in [1.807, 2.05) is 0 Å². The van der Waals surface area contributed by atoms with Crippen molar-refractivity contribution in [1.82, 2.24) is 10.2 Å². The van der Waals surface area contributed by atoms with E-state index in [9.17, 15) is 18.0 Å². The Morgan fingerprint density at radius 1 is 1.35 bits per heavy atom. The number of halogens is 3. The number of nitrogens with one attached hydrogen (secondary N) is 1. The van der Waals surface area contributed by atoms with Crippen molar-refractivity contribution in [3.63, 3.8) is 0 Å². The van der Waals surface area contributed by atoms with Crippen LogP contribution in [0.25, 0.3) is 0 Å². The normalized spacial score (nSPS) is 22.4. The first-order chi connectivity index (χ1) is 9.38. The van der Waals surface area contributed by atoms with Gasteiger partial charge in [0.2, 0.25) is 0 Å². The fraction of sp³-hybridized carbons (Fsp3) is 0.462. The van der Waals surface area contributed by atoms with Gasteiger partial charge in [0.05, 0.1) is 5.56 Å². The van der Waals surface area contributed by atoms with Crippen molar-refractivity contribution >= 4 is 19.2 Å². The fourth-order valence-electron chi connectivity index (χ4n) is 2.88. The molecule has 0 aromatic heterocycles. The van der Waals surface area contributed by atoms with Crippen molar-refractivity contribution in [3.8, 4) is 0 Å². The molecule has 3 nitrogen and oxygen atoms in total. The second kappa shape index (κ2) is 4.51. The number of hydrogen-bond acceptors (Lipinski definition) is 2. The van der Waals surface area contributed by atoms with Crippen molar-refractivity contribution in [2.45, 2.75) is 18.6 Å². The zero-order valence-electron chi connectivity index (χ0n) is 10.6. The summed E-state index contributed by atoms with van der Waals surface area (Å²) in [7, 11) is 5.73. The number of fused-ring (bicyclic) bond motifs is 2. The van der Waals surface area contributed by atoms with E-state index in [4.69, 9.17) is 7.85 Å². The lowest BCUT2D eigenvalue weighted by atomic mass is 9.80. The van der Waals surface area contributed by atoms with Crippen LogP contribution in [0, 0.1) is 0 Å². The van der Waals surface area contributed by atoms with Gasteiger partial charge in [-0.05, 0) is 18.1 Å². The SMILES string of the molecule is [B]c1cc(C(F)(F)F)cc2c1C[C@@H]1CNCCN1C2=O. The van der Waals surface area contributed by atoms with Gasteiger partial charge in [-0.15, -0.1) is 0 Å². The van der Waals surface area contributed by atoms with E-state index in [1.165, 1.54) is 0 Å². The Hall–Kier alpha value is -1.50. The van der Waals surface area contributed by atoms with Crippen LogP contribution >= 0.6 is 0 Å². The molecule has 1 N–H and O–H groups in total. The first-order valence-electron chi connectivity index (χ1n) is 6.39. The molecule has 7 heteroatoms. The molecule has 2 heterocycles. The molecule has 2 aliphatic rings. The van der Waals surface area contributed by atoms with Crippen LogP contribution in [0.3, 0.4) is 0 Å². The third-order valence-corrected chi connectivity index (χ3v) is 3.89. The van der Waals surface area contributed by atoms with Crippen LogP contribution in [0.5, 0.6) is 0 Å². The molecule has 20 heavy (non-hydrogen) atoms. The van der Waals surface area contributed by atoms with Gasteiger partial charge in [-0.3, -0.25) is 4.79 Å². The number of benzene rings is 1. The Bertz CT molecular complexity index is 573. The molecule has 104 valence electrons. The number of carbonyl (C=O) groups excluding carboxylic acids is 1. The number of alkyl halides is 3. The number of hydrogen-bond donors (Lipinski definition) is 1. The first kappa shape index (κ1) is 13.5. The van der Waals surface area contributed by atoms with E-state index >= 15 is 0 Å². The van der Waals surface area contributed by atoms with Gasteiger partial charge >= 0.3 is 6.18 Å². The highest BCUT2D eigenvalue weighted by Gasteiger charge is 2.38. The molecule has 2 radical (unpaired) electrons. The molecule has 0 saturated carbocycles. The lowest BCUT2D eigenvalue weighted by Gasteiger charge is -2.41. The average Bonchev–Trinajstić information content (AvgIpc) is 2.39. The number of nitrogens with zero attached hydrogens (tertiary/aromatic N) is 1. The summed E-state index contributed by atoms with van der Waals surface area (Å²) in [6.07, 6.45) is -4.00. The highest BCUT2D eigenvalue weighted by atomic mass is 19.4. The van der Waals surface area contributed by atoms with E-state index in [0.29, 0.717) is 31.6 Å². The Balaban J connectivity index is 2.09. The van der Waals surface area contributed by atoms with Gasteiger partial charge in [0.1, 0.15) is 7.85 Å². The van der Waals surface area contributed by atoms with Gasteiger partial charge in [0.25, 0.3) is 5.91 Å². The van der Waals surface area contributed by atoms with Crippen molar-refractivity contribution in [1.29, 1.82) is 0 Å². The number of carbonyl (C=O) groups is 1. The maximum atomic E-state index is 12.8. The molecule has 2 aliphatic heterocycles. The molecule has 1 aromatic carbocycles. The van der Waals surface area contributed by atoms with Crippen LogP contribution in [0.4, 0.5) is 13.2 Å². The number of amides is 1. The van der Waals surface area contributed by atoms with E-state index in [1.54, 1.807) is 4.90 Å². The molecule has 1 aromatic rings. The second-order valence-corrected chi connectivity index (χ2v) is 5.15. The molecular formula is C13H12BF3N2O. The number of rotatable bonds is 0. The van der Waals surface area contributed by atoms with Crippen LogP contribution < -0.4 is 10.8 Å². The highest BCUT2D eigenvalue weighted by molar-refractivity contribution is 6.34. The summed E-state index contributed by atoms with van der Waals surface area (Å²) in [5.41, 5.74) is -0.187. The van der Waals surface area contributed by atoms with Crippen LogP contribution in [0.1, 0.15) is 21.5 Å². The predicted octanol–water partition coefficient (Wildman–Crippen LogP) is 0.469. The van der Waals surface area contributed by atoms with E-state index in [2.05, 4.69) is 5.32 Å². The smallest absolute Gasteiger partial charge is 0.333 e. The third-order valence-electron chi connectivity index (χ3n) is 3.89. The summed E-state index contributed by atoms with van der Waals surface area (Å²) in [6, 6.07) is 1.81. The van der Waals surface area contributed by atoms with Gasteiger partial charge in [0.15, 0.2) is 0 Å². The Morgan fingerprint density at radius 2 is 2.10 bits per heavy atom. The van der Waals surface area contributed by atoms with Crippen molar-refractivity contribution in [3.05, 3.63) is 28.8 Å². The minimum Gasteiger partial charge on any atom is -0.333 e. The third kappa shape index (κ3) is 2.10. The quantitative estimate of drug-likeness (QED) is 0.701. The summed E-state index contributed by atoms with van der Waals surface area (Å²) < 4.78 is 38.4. The summed E-state index contributed by atoms with van der Waals surface area (Å²) in [5.74, 6) is -0.351. The summed E-state index contributed by atoms with van der Waals surface area (Å²) >= 11 is 0. The second-order valence-electron chi connectivity index (χ2n) is 5.15. The lowest BCUT2D eigenvalue weighted by molar-refractivity contribution is -0.137. The topological polar surface area (TPSA) is 32.3 Å². The molecule has 1 atom stereocenters. The Morgan fingerprint density at radius 3 is 2.80 bits per heavy atom. The van der Waals surface area contributed by atoms with Crippen molar-refractivity contribution < 1.29 is 18.0 Å². The van der Waals surface area contributed by atoms with Crippen molar-refractivity contribution in [2.75, 3.05) is 19.6 Å². The van der Waals surface area contributed by atoms with E-state index in [-0.39, 0.29) is 23.0 Å². The minimum absolute atomic E-state index is 0.0252. The monoisotopic (exact) mass is 280 g/mol. The molecule has 0 unspecified atom stereocenters. The van der Waals surface area contributed by atoms with Crippen LogP contribution in [0.15, 0.2) is 12.1 Å². The first-order valence-corrected chi connectivity index (χ1v) is 6.39. The molecule has 1 amide bonds. The van der Waals surface area contributed by atoms with Crippen LogP contribution in [-0.2, 0) is 12.6 Å². The molecule has 0 aliphatic carbocycles. The molecule has 1 fully saturated rings. The van der Waals surface area contributed by atoms with Gasteiger partial charge < -0.3 is 10.2 Å². The largest absolute Gasteiger partial charge is 0.416 e. The van der Waals surface area contributed by atoms with Gasteiger partial charge in [-0.2, -0.15) is 13.2 Å². The molecule has 3 rings (SSSR count). The Labute approximate surface area is 115 Å². The lowest BCUT2D eigenvalue weighted by Crippen LogP contribution is -2.57. The zero-order valence-corrected chi connectivity index (χ0v) is 10.6. The summed E-state index contributed by atoms with van der Waals surface area (Å²) in [6.45, 7) is 1.82. The highest BCUT2D eigenvalue weighted by Crippen LogP contribution is 2.32. The summed E-state index contributed by atoms with van der Waals surface area (Å²) in [4.78, 5) is 14.0. The predicted molar refractivity (Wildman–Crippen MR) is 68.2 cm³/mol. The van der Waals surface area contributed by atoms with Crippen LogP contribution in [-0.4, -0.2) is 44.3 Å². The minimum atomic E-state index is -4.50. The van der Waals surface area contributed by atoms with Gasteiger partial charge in [-0.1, -0.05) is 11.5 Å². The standard InChI is InChI=1S/C13H12BF3N2O/c14-11-4-7(13(15,16)17)3-10-9(11)5-8-6-18-1-2-19(8)12(10)20/h3-4,8,18H,1-2,5-6H2/t8-/m1/s1. The molecule has 0 bridgehead atoms. The zero-order chi connectivity index (χ0) is 14.5. The van der Waals surface area contributed by atoms with E-state index in [0.717, 1.165) is 12.1 Å². The molecular weight excluding hydrogens is 268 g/mol. The van der Waals surface area contributed by atoms with Gasteiger partial charge in [-0.25, -0.2) is 0 Å². The maximum absolute atomic E-state index is 12.8. The fourth-order valence-corrected chi connectivity index (χ4v) is 2.88. The van der Waals surface area contributed by atoms with Gasteiger partial charge in [0, 0.05) is 31.2 Å².